The van der Waals surface area contributed by atoms with Gasteiger partial charge in [0.05, 0.1) is 40.8 Å². The minimum atomic E-state index is -0.983. The Bertz CT molecular complexity index is 1900. The van der Waals surface area contributed by atoms with Gasteiger partial charge in [-0.2, -0.15) is 0 Å². The topological polar surface area (TPSA) is 87.0 Å². The number of nitrogens with one attached hydrogen (secondary N) is 1. The number of rotatable bonds is 2. The molecule has 1 N–H and O–H groups in total. The molecule has 9 nitrogen and oxygen atoms in total. The van der Waals surface area contributed by atoms with Crippen LogP contribution in [0.3, 0.4) is 0 Å². The van der Waals surface area contributed by atoms with Crippen molar-refractivity contribution in [1.29, 1.82) is 0 Å². The summed E-state index contributed by atoms with van der Waals surface area (Å²) in [5.74, 6) is -0.0518. The molecule has 2 amide bonds. The minimum Gasteiger partial charge on any atom is -0.453 e. The smallest absolute Gasteiger partial charge is 0.409 e. The molecule has 2 bridgehead atoms. The predicted molar refractivity (Wildman–Crippen MR) is 147 cm³/mol. The van der Waals surface area contributed by atoms with Crippen molar-refractivity contribution in [3.8, 4) is 0 Å². The van der Waals surface area contributed by atoms with Gasteiger partial charge in [-0.1, -0.05) is 36.4 Å². The van der Waals surface area contributed by atoms with E-state index in [1.54, 1.807) is 19.1 Å². The van der Waals surface area contributed by atoms with Crippen molar-refractivity contribution in [2.24, 2.45) is 0 Å². The molecule has 5 aromatic rings. The fourth-order valence-electron chi connectivity index (χ4n) is 7.67. The van der Waals surface area contributed by atoms with Crippen LogP contribution in [-0.2, 0) is 26.5 Å². The van der Waals surface area contributed by atoms with Gasteiger partial charge >= 0.3 is 6.09 Å². The van der Waals surface area contributed by atoms with Crippen LogP contribution in [0.4, 0.5) is 4.79 Å². The van der Waals surface area contributed by atoms with E-state index in [2.05, 4.69) is 45.6 Å². The molecule has 3 aliphatic rings. The van der Waals surface area contributed by atoms with E-state index in [1.807, 2.05) is 24.3 Å². The lowest BCUT2D eigenvalue weighted by molar-refractivity contribution is -0.264. The fourth-order valence-corrected chi connectivity index (χ4v) is 7.67. The zero-order valence-corrected chi connectivity index (χ0v) is 22.1. The van der Waals surface area contributed by atoms with Gasteiger partial charge in [-0.15, -0.1) is 0 Å². The number of para-hydroxylation sites is 2. The van der Waals surface area contributed by atoms with Gasteiger partial charge in [-0.3, -0.25) is 4.79 Å². The van der Waals surface area contributed by atoms with Crippen LogP contribution in [0.15, 0.2) is 48.5 Å². The van der Waals surface area contributed by atoms with E-state index >= 15 is 0 Å². The van der Waals surface area contributed by atoms with Crippen molar-refractivity contribution in [1.82, 2.24) is 19.4 Å². The predicted octanol–water partition coefficient (Wildman–Crippen LogP) is 4.83. The molecule has 0 radical (unpaired) electrons. The van der Waals surface area contributed by atoms with E-state index in [4.69, 9.17) is 14.2 Å². The number of carbonyl (C=O) groups excluding carboxylic acids is 2. The third-order valence-corrected chi connectivity index (χ3v) is 9.16. The normalized spacial score (nSPS) is 25.4. The summed E-state index contributed by atoms with van der Waals surface area (Å²) in [7, 11) is 4.81. The van der Waals surface area contributed by atoms with Crippen molar-refractivity contribution < 1.29 is 23.8 Å². The van der Waals surface area contributed by atoms with Crippen LogP contribution >= 0.6 is 0 Å². The second-order valence-electron chi connectivity index (χ2n) is 10.9. The molecule has 8 rings (SSSR count). The van der Waals surface area contributed by atoms with E-state index in [0.29, 0.717) is 13.0 Å². The van der Waals surface area contributed by atoms with Crippen molar-refractivity contribution in [3.63, 3.8) is 0 Å². The number of fused-ring (bicyclic) bond motifs is 13. The van der Waals surface area contributed by atoms with Gasteiger partial charge in [0.1, 0.15) is 12.3 Å². The molecule has 1 saturated heterocycles. The van der Waals surface area contributed by atoms with Gasteiger partial charge in [0.2, 0.25) is 0 Å². The number of nitrogens with zero attached hydrogens (tertiary/aromatic N) is 3. The van der Waals surface area contributed by atoms with Crippen LogP contribution < -0.4 is 5.32 Å². The summed E-state index contributed by atoms with van der Waals surface area (Å²) >= 11 is 0. The molecule has 0 aliphatic carbocycles. The molecule has 3 aromatic carbocycles. The Hall–Kier alpha value is -4.08. The molecule has 3 aliphatic heterocycles. The molecule has 2 aromatic heterocycles. The first kappa shape index (κ1) is 22.9. The lowest BCUT2D eigenvalue weighted by Crippen LogP contribution is -2.61. The Morgan fingerprint density at radius 1 is 1.05 bits per heavy atom. The molecule has 0 unspecified atom stereocenters. The van der Waals surface area contributed by atoms with E-state index in [-0.39, 0.29) is 11.9 Å². The summed E-state index contributed by atoms with van der Waals surface area (Å²) in [6.45, 7) is 2.52. The Balaban J connectivity index is 1.62. The zero-order valence-electron chi connectivity index (χ0n) is 22.1. The highest BCUT2D eigenvalue weighted by atomic mass is 16.6. The summed E-state index contributed by atoms with van der Waals surface area (Å²) in [4.78, 5) is 27.9. The lowest BCUT2D eigenvalue weighted by atomic mass is 9.92. The standard InChI is InChI=1S/C30H28N4O5/c1-30-27(37-3)20(32(2)29(36)38-4)13-21(39-30)33-18-11-7-5-9-15(18)23-24-17(14-31-28(24)35)22-16-10-6-8-12-19(16)34(30)26(22)25(23)33/h5-12,20-21,27H,13-14H2,1-4H3,(H,31,35)/t20-,21-,27-,30+/m1/s1. The Kier molecular flexibility index (Phi) is 4.41. The average molecular weight is 525 g/mol. The zero-order chi connectivity index (χ0) is 26.8. The third-order valence-electron chi connectivity index (χ3n) is 9.16. The molecule has 4 atom stereocenters. The van der Waals surface area contributed by atoms with E-state index in [1.165, 1.54) is 7.11 Å². The fraction of sp³-hybridized carbons (Fsp3) is 0.333. The summed E-state index contributed by atoms with van der Waals surface area (Å²) in [6, 6.07) is 16.1. The lowest BCUT2D eigenvalue weighted by Gasteiger charge is -2.50. The highest BCUT2D eigenvalue weighted by Crippen LogP contribution is 2.54. The maximum Gasteiger partial charge on any atom is 0.409 e. The summed E-state index contributed by atoms with van der Waals surface area (Å²) in [6.07, 6.45) is -0.871. The summed E-state index contributed by atoms with van der Waals surface area (Å²) in [5.41, 5.74) is 4.74. The average Bonchev–Trinajstić information content (AvgIpc) is 3.59. The highest BCUT2D eigenvalue weighted by Gasteiger charge is 2.55. The highest BCUT2D eigenvalue weighted by molar-refractivity contribution is 6.31. The van der Waals surface area contributed by atoms with Crippen molar-refractivity contribution in [2.45, 2.75) is 44.0 Å². The monoisotopic (exact) mass is 524 g/mol. The van der Waals surface area contributed by atoms with Gasteiger partial charge in [0.25, 0.3) is 5.91 Å². The number of likely N-dealkylation sites (N-methyl/N-ethyl adjacent to an activating group) is 1. The van der Waals surface area contributed by atoms with Crippen LogP contribution in [0.2, 0.25) is 0 Å². The number of amides is 2. The van der Waals surface area contributed by atoms with Crippen LogP contribution in [-0.4, -0.2) is 59.4 Å². The number of methoxy groups -OCH3 is 2. The van der Waals surface area contributed by atoms with Crippen LogP contribution in [0.5, 0.6) is 0 Å². The SMILES string of the molecule is COC(=O)N(C)[C@@H]1C[C@H]2O[C@@](C)([C@@H]1OC)n1c3ccccc3c3c4c(c5c6ccccc6n2c5c31)C(=O)NC4. The van der Waals surface area contributed by atoms with Crippen LogP contribution in [0.1, 0.15) is 35.5 Å². The summed E-state index contributed by atoms with van der Waals surface area (Å²) in [5, 5.41) is 7.17. The minimum absolute atomic E-state index is 0.0518. The second-order valence-corrected chi connectivity index (χ2v) is 10.9. The number of carbonyl (C=O) groups is 2. The van der Waals surface area contributed by atoms with Gasteiger partial charge in [-0.25, -0.2) is 4.79 Å². The third kappa shape index (κ3) is 2.57. The van der Waals surface area contributed by atoms with Gasteiger partial charge in [-0.05, 0) is 24.6 Å². The first-order chi connectivity index (χ1) is 18.9. The van der Waals surface area contributed by atoms with Gasteiger partial charge < -0.3 is 33.6 Å². The molecule has 1 fully saturated rings. The molecule has 5 heterocycles. The number of hydrogen-bond donors (Lipinski definition) is 1. The molecule has 0 saturated carbocycles. The van der Waals surface area contributed by atoms with Gasteiger partial charge in [0.15, 0.2) is 5.72 Å². The van der Waals surface area contributed by atoms with E-state index < -0.39 is 24.2 Å². The quantitative estimate of drug-likeness (QED) is 0.357. The van der Waals surface area contributed by atoms with Crippen molar-refractivity contribution in [2.75, 3.05) is 21.3 Å². The molecule has 9 heteroatoms. The van der Waals surface area contributed by atoms with Gasteiger partial charge in [0, 0.05) is 48.7 Å². The van der Waals surface area contributed by atoms with Crippen LogP contribution in [0, 0.1) is 0 Å². The number of benzene rings is 3. The van der Waals surface area contributed by atoms with Crippen LogP contribution in [0.25, 0.3) is 43.6 Å². The summed E-state index contributed by atoms with van der Waals surface area (Å²) < 4.78 is 22.9. The first-order valence-electron chi connectivity index (χ1n) is 13.2. The Labute approximate surface area is 223 Å². The van der Waals surface area contributed by atoms with E-state index in [0.717, 1.165) is 54.7 Å². The first-order valence-corrected chi connectivity index (χ1v) is 13.2. The van der Waals surface area contributed by atoms with Crippen molar-refractivity contribution in [3.05, 3.63) is 59.7 Å². The molecular formula is C30H28N4O5. The van der Waals surface area contributed by atoms with E-state index in [9.17, 15) is 9.59 Å². The number of ether oxygens (including phenoxy) is 3. The molecule has 39 heavy (non-hydrogen) atoms. The van der Waals surface area contributed by atoms with Crippen molar-refractivity contribution >= 4 is 55.6 Å². The Morgan fingerprint density at radius 3 is 2.46 bits per heavy atom. The molecule has 198 valence electrons. The molecular weight excluding hydrogens is 496 g/mol. The number of aromatic nitrogens is 2. The largest absolute Gasteiger partial charge is 0.453 e. The Morgan fingerprint density at radius 2 is 1.74 bits per heavy atom. The maximum absolute atomic E-state index is 13.4. The maximum atomic E-state index is 13.4. The number of hydrogen-bond acceptors (Lipinski definition) is 5. The molecule has 0 spiro atoms. The second kappa shape index (κ2) is 7.52.